The van der Waals surface area contributed by atoms with E-state index in [-0.39, 0.29) is 0 Å². The number of hydrogen-bond donors (Lipinski definition) is 1. The number of nitrogens with one attached hydrogen (secondary N) is 1. The van der Waals surface area contributed by atoms with Gasteiger partial charge >= 0.3 is 12.1 Å². The van der Waals surface area contributed by atoms with Crippen molar-refractivity contribution in [3.8, 4) is 0 Å². The van der Waals surface area contributed by atoms with Crippen molar-refractivity contribution in [3.63, 3.8) is 0 Å². The number of amides is 1. The molecule has 0 spiro atoms. The Morgan fingerprint density at radius 2 is 2.06 bits per heavy atom. The number of carbonyl (C=O) groups excluding carboxylic acids is 2. The summed E-state index contributed by atoms with van der Waals surface area (Å²) < 4.78 is 9.84. The first-order chi connectivity index (χ1) is 8.08. The Kier molecular flexibility index (Phi) is 2.75. The molecule has 1 fully saturated rings. The first-order valence-corrected chi connectivity index (χ1v) is 5.20. The van der Waals surface area contributed by atoms with Gasteiger partial charge in [-0.3, -0.25) is 0 Å². The minimum absolute atomic E-state index is 0.530. The van der Waals surface area contributed by atoms with Gasteiger partial charge in [-0.2, -0.15) is 0 Å². The van der Waals surface area contributed by atoms with Gasteiger partial charge in [0.15, 0.2) is 11.6 Å². The lowest BCUT2D eigenvalue weighted by atomic mass is 9.90. The summed E-state index contributed by atoms with van der Waals surface area (Å²) in [6, 6.07) is 9.08. The van der Waals surface area contributed by atoms with E-state index in [4.69, 9.17) is 9.47 Å². The molecule has 1 amide bonds. The Morgan fingerprint density at radius 1 is 1.41 bits per heavy atom. The van der Waals surface area contributed by atoms with E-state index in [2.05, 4.69) is 5.32 Å². The molecule has 0 bridgehead atoms. The second kappa shape index (κ2) is 4.08. The third-order valence-corrected chi connectivity index (χ3v) is 2.82. The second-order valence-corrected chi connectivity index (χ2v) is 4.01. The van der Waals surface area contributed by atoms with Gasteiger partial charge in [-0.1, -0.05) is 30.3 Å². The van der Waals surface area contributed by atoms with Crippen LogP contribution in [0.2, 0.25) is 0 Å². The molecule has 5 heteroatoms. The number of methoxy groups -OCH3 is 1. The highest BCUT2D eigenvalue weighted by atomic mass is 16.6. The van der Waals surface area contributed by atoms with Crippen LogP contribution >= 0.6 is 0 Å². The molecule has 2 rings (SSSR count). The van der Waals surface area contributed by atoms with Crippen molar-refractivity contribution < 1.29 is 19.1 Å². The van der Waals surface area contributed by atoms with Crippen LogP contribution in [-0.4, -0.2) is 24.7 Å². The molecule has 1 aliphatic heterocycles. The average molecular weight is 235 g/mol. The lowest BCUT2D eigenvalue weighted by Gasteiger charge is -2.25. The summed E-state index contributed by atoms with van der Waals surface area (Å²) in [5.74, 6) is -0.530. The largest absolute Gasteiger partial charge is 0.467 e. The third kappa shape index (κ3) is 1.84. The topological polar surface area (TPSA) is 64.6 Å². The zero-order chi connectivity index (χ0) is 12.5. The predicted octanol–water partition coefficient (Wildman–Crippen LogP) is 1.40. The molecule has 0 aromatic heterocycles. The van der Waals surface area contributed by atoms with Gasteiger partial charge in [0.05, 0.1) is 7.11 Å². The molecule has 5 nitrogen and oxygen atoms in total. The summed E-state index contributed by atoms with van der Waals surface area (Å²) in [6.07, 6.45) is -1.30. The van der Waals surface area contributed by atoms with Crippen molar-refractivity contribution in [2.75, 3.05) is 7.11 Å². The molecular formula is C12H13NO4. The Morgan fingerprint density at radius 3 is 2.65 bits per heavy atom. The molecule has 0 radical (unpaired) electrons. The van der Waals surface area contributed by atoms with E-state index in [1.54, 1.807) is 19.1 Å². The number of hydrogen-bond acceptors (Lipinski definition) is 4. The monoisotopic (exact) mass is 235 g/mol. The Labute approximate surface area is 98.7 Å². The maximum absolute atomic E-state index is 11.7. The number of carbonyl (C=O) groups is 2. The van der Waals surface area contributed by atoms with E-state index < -0.39 is 23.7 Å². The summed E-state index contributed by atoms with van der Waals surface area (Å²) >= 11 is 0. The van der Waals surface area contributed by atoms with Crippen molar-refractivity contribution in [2.45, 2.75) is 18.6 Å². The number of benzene rings is 1. The predicted molar refractivity (Wildman–Crippen MR) is 59.2 cm³/mol. The van der Waals surface area contributed by atoms with Gasteiger partial charge in [0.1, 0.15) is 0 Å². The van der Waals surface area contributed by atoms with E-state index in [9.17, 15) is 9.59 Å². The number of cyclic esters (lactones) is 1. The second-order valence-electron chi connectivity index (χ2n) is 4.01. The third-order valence-electron chi connectivity index (χ3n) is 2.82. The molecule has 1 heterocycles. The quantitative estimate of drug-likeness (QED) is 0.787. The van der Waals surface area contributed by atoms with Crippen LogP contribution in [0.5, 0.6) is 0 Å². The lowest BCUT2D eigenvalue weighted by Crippen LogP contribution is -2.49. The summed E-state index contributed by atoms with van der Waals surface area (Å²) in [7, 11) is 1.28. The molecule has 2 atom stereocenters. The summed E-state index contributed by atoms with van der Waals surface area (Å²) in [4.78, 5) is 23.1. The molecule has 90 valence electrons. The number of ether oxygens (including phenoxy) is 2. The zero-order valence-electron chi connectivity index (χ0n) is 9.60. The first-order valence-electron chi connectivity index (χ1n) is 5.20. The van der Waals surface area contributed by atoms with Crippen molar-refractivity contribution in [1.82, 2.24) is 5.32 Å². The van der Waals surface area contributed by atoms with Crippen LogP contribution in [0.25, 0.3) is 0 Å². The number of alkyl carbamates (subject to hydrolysis) is 1. The molecule has 0 saturated carbocycles. The van der Waals surface area contributed by atoms with Crippen molar-refractivity contribution in [1.29, 1.82) is 0 Å². The lowest BCUT2D eigenvalue weighted by molar-refractivity contribution is -0.149. The van der Waals surface area contributed by atoms with Gasteiger partial charge in [0.25, 0.3) is 0 Å². The molecule has 1 aromatic carbocycles. The molecule has 1 N–H and O–H groups in total. The number of esters is 1. The summed E-state index contributed by atoms with van der Waals surface area (Å²) in [5.41, 5.74) is -0.438. The fourth-order valence-corrected chi connectivity index (χ4v) is 1.93. The van der Waals surface area contributed by atoms with Crippen LogP contribution in [-0.2, 0) is 14.3 Å². The Balaban J connectivity index is 2.38. The van der Waals surface area contributed by atoms with Gasteiger partial charge < -0.3 is 14.8 Å². The fourth-order valence-electron chi connectivity index (χ4n) is 1.93. The van der Waals surface area contributed by atoms with E-state index >= 15 is 0 Å². The molecule has 17 heavy (non-hydrogen) atoms. The molecule has 0 aliphatic carbocycles. The molecule has 1 aromatic rings. The van der Waals surface area contributed by atoms with Crippen LogP contribution in [0.1, 0.15) is 18.6 Å². The van der Waals surface area contributed by atoms with Crippen LogP contribution in [0.4, 0.5) is 4.79 Å². The fraction of sp³-hybridized carbons (Fsp3) is 0.333. The number of rotatable bonds is 2. The molecule has 0 unspecified atom stereocenters. The van der Waals surface area contributed by atoms with Crippen molar-refractivity contribution in [2.24, 2.45) is 0 Å². The van der Waals surface area contributed by atoms with Gasteiger partial charge in [-0.05, 0) is 12.5 Å². The highest BCUT2D eigenvalue weighted by Crippen LogP contribution is 2.35. The Bertz CT molecular complexity index is 445. The van der Waals surface area contributed by atoms with E-state index in [0.717, 1.165) is 5.56 Å². The first kappa shape index (κ1) is 11.4. The van der Waals surface area contributed by atoms with Crippen LogP contribution in [0, 0.1) is 0 Å². The van der Waals surface area contributed by atoms with Gasteiger partial charge in [-0.15, -0.1) is 0 Å². The normalized spacial score (nSPS) is 27.2. The summed E-state index contributed by atoms with van der Waals surface area (Å²) in [5, 5.41) is 2.49. The van der Waals surface area contributed by atoms with Gasteiger partial charge in [0, 0.05) is 0 Å². The Hall–Kier alpha value is -2.04. The minimum atomic E-state index is -1.19. The highest BCUT2D eigenvalue weighted by Gasteiger charge is 2.52. The van der Waals surface area contributed by atoms with Crippen LogP contribution in [0.15, 0.2) is 30.3 Å². The average Bonchev–Trinajstić information content (AvgIpc) is 2.66. The van der Waals surface area contributed by atoms with E-state index in [0.29, 0.717) is 0 Å². The van der Waals surface area contributed by atoms with Crippen LogP contribution < -0.4 is 5.32 Å². The minimum Gasteiger partial charge on any atom is -0.467 e. The SMILES string of the molecule is COC(=O)[C@]1(C)NC(=O)O[C@H]1c1ccccc1. The van der Waals surface area contributed by atoms with E-state index in [1.807, 2.05) is 18.2 Å². The van der Waals surface area contributed by atoms with Crippen molar-refractivity contribution >= 4 is 12.1 Å². The zero-order valence-corrected chi connectivity index (χ0v) is 9.60. The van der Waals surface area contributed by atoms with Crippen molar-refractivity contribution in [3.05, 3.63) is 35.9 Å². The van der Waals surface area contributed by atoms with Gasteiger partial charge in [0.2, 0.25) is 0 Å². The molecule has 1 saturated heterocycles. The maximum atomic E-state index is 11.7. The maximum Gasteiger partial charge on any atom is 0.408 e. The van der Waals surface area contributed by atoms with Gasteiger partial charge in [-0.25, -0.2) is 9.59 Å². The summed E-state index contributed by atoms with van der Waals surface area (Å²) in [6.45, 7) is 1.58. The van der Waals surface area contributed by atoms with Crippen LogP contribution in [0.3, 0.4) is 0 Å². The standard InChI is InChI=1S/C12H13NO4/c1-12(10(14)16-2)9(17-11(15)13-12)8-6-4-3-5-7-8/h3-7,9H,1-2H3,(H,13,15)/t9-,12+/m0/s1. The molecule has 1 aliphatic rings. The highest BCUT2D eigenvalue weighted by molar-refractivity contribution is 5.89. The smallest absolute Gasteiger partial charge is 0.408 e. The molecular weight excluding hydrogens is 222 g/mol. The van der Waals surface area contributed by atoms with E-state index in [1.165, 1.54) is 7.11 Å².